The van der Waals surface area contributed by atoms with E-state index in [0.29, 0.717) is 13.2 Å². The van der Waals surface area contributed by atoms with Gasteiger partial charge in [0.1, 0.15) is 11.8 Å². The quantitative estimate of drug-likeness (QED) is 0.447. The summed E-state index contributed by atoms with van der Waals surface area (Å²) in [5, 5.41) is 5.20. The summed E-state index contributed by atoms with van der Waals surface area (Å²) in [4.78, 5) is 29.9. The summed E-state index contributed by atoms with van der Waals surface area (Å²) in [6.07, 6.45) is 6.85. The topological polar surface area (TPSA) is 71.8 Å². The molecule has 2 heterocycles. The minimum atomic E-state index is -0.790. The van der Waals surface area contributed by atoms with Gasteiger partial charge < -0.3 is 19.4 Å². The van der Waals surface area contributed by atoms with E-state index in [0.717, 1.165) is 41.9 Å². The van der Waals surface area contributed by atoms with E-state index in [1.807, 2.05) is 48.7 Å². The first-order valence-corrected chi connectivity index (χ1v) is 12.4. The van der Waals surface area contributed by atoms with E-state index >= 15 is 0 Å². The number of nitrogens with one attached hydrogen (secondary N) is 1. The van der Waals surface area contributed by atoms with Gasteiger partial charge in [-0.15, -0.1) is 11.3 Å². The molecule has 1 saturated carbocycles. The summed E-state index contributed by atoms with van der Waals surface area (Å²) in [7, 11) is 0. The number of ether oxygens (including phenoxy) is 1. The van der Waals surface area contributed by atoms with E-state index in [2.05, 4.69) is 5.32 Å². The van der Waals surface area contributed by atoms with Crippen LogP contribution in [0, 0.1) is 0 Å². The first-order chi connectivity index (χ1) is 16.2. The van der Waals surface area contributed by atoms with Crippen molar-refractivity contribution in [1.82, 2.24) is 10.2 Å². The van der Waals surface area contributed by atoms with Crippen molar-refractivity contribution < 1.29 is 18.7 Å². The molecule has 1 aromatic carbocycles. The predicted molar refractivity (Wildman–Crippen MR) is 128 cm³/mol. The Balaban J connectivity index is 1.69. The van der Waals surface area contributed by atoms with Crippen LogP contribution < -0.4 is 10.1 Å². The van der Waals surface area contributed by atoms with Gasteiger partial charge >= 0.3 is 0 Å². The number of hydrogen-bond acceptors (Lipinski definition) is 5. The molecule has 1 N–H and O–H groups in total. The van der Waals surface area contributed by atoms with E-state index in [-0.39, 0.29) is 23.6 Å². The van der Waals surface area contributed by atoms with E-state index in [4.69, 9.17) is 9.15 Å². The normalized spacial score (nSPS) is 15.1. The molecule has 2 aromatic heterocycles. The van der Waals surface area contributed by atoms with Gasteiger partial charge in [-0.3, -0.25) is 9.59 Å². The van der Waals surface area contributed by atoms with E-state index in [1.165, 1.54) is 12.7 Å². The van der Waals surface area contributed by atoms with Crippen LogP contribution in [0.1, 0.15) is 66.1 Å². The highest BCUT2D eigenvalue weighted by Gasteiger charge is 2.34. The molecule has 0 bridgehead atoms. The van der Waals surface area contributed by atoms with E-state index < -0.39 is 6.04 Å². The Morgan fingerprint density at radius 3 is 2.55 bits per heavy atom. The lowest BCUT2D eigenvalue weighted by atomic mass is 9.94. The molecule has 0 unspecified atom stereocenters. The standard InChI is InChI=1S/C26H30N2O4S/c1-2-31-21-14-12-19(13-15-21)24(25(29)27-20-8-4-3-5-9-20)28(18-22-10-7-17-33-22)26(30)23-11-6-16-32-23/h6-7,10-17,20,24H,2-5,8-9,18H2,1H3,(H,27,29)/t24-/m1/s1. The van der Waals surface area contributed by atoms with E-state index in [9.17, 15) is 9.59 Å². The number of furan rings is 1. The van der Waals surface area contributed by atoms with Crippen LogP contribution in [-0.4, -0.2) is 29.4 Å². The Morgan fingerprint density at radius 2 is 1.91 bits per heavy atom. The van der Waals surface area contributed by atoms with Gasteiger partial charge in [0.2, 0.25) is 5.91 Å². The smallest absolute Gasteiger partial charge is 0.290 e. The second kappa shape index (κ2) is 11.2. The van der Waals surface area contributed by atoms with Crippen molar-refractivity contribution in [1.29, 1.82) is 0 Å². The molecule has 174 valence electrons. The molecule has 1 atom stereocenters. The highest BCUT2D eigenvalue weighted by molar-refractivity contribution is 7.09. The first kappa shape index (κ1) is 23.1. The van der Waals surface area contributed by atoms with Gasteiger partial charge in [-0.25, -0.2) is 0 Å². The molecule has 0 radical (unpaired) electrons. The van der Waals surface area contributed by atoms with Gasteiger partial charge in [-0.2, -0.15) is 0 Å². The van der Waals surface area contributed by atoms with E-state index in [1.54, 1.807) is 28.4 Å². The number of thiophene rings is 1. The van der Waals surface area contributed by atoms with Crippen molar-refractivity contribution >= 4 is 23.2 Å². The molecule has 1 aliphatic rings. The molecule has 33 heavy (non-hydrogen) atoms. The van der Waals surface area contributed by atoms with Crippen LogP contribution in [-0.2, 0) is 11.3 Å². The van der Waals surface area contributed by atoms with Gasteiger partial charge in [-0.1, -0.05) is 37.5 Å². The van der Waals surface area contributed by atoms with Crippen LogP contribution >= 0.6 is 11.3 Å². The average molecular weight is 467 g/mol. The zero-order chi connectivity index (χ0) is 23.0. The Labute approximate surface area is 198 Å². The number of rotatable bonds is 9. The molecule has 1 fully saturated rings. The van der Waals surface area contributed by atoms with Gasteiger partial charge in [0.15, 0.2) is 5.76 Å². The zero-order valence-corrected chi connectivity index (χ0v) is 19.7. The molecule has 2 amide bonds. The third-order valence-electron chi connectivity index (χ3n) is 5.92. The predicted octanol–water partition coefficient (Wildman–Crippen LogP) is 5.57. The van der Waals surface area contributed by atoms with Crippen LogP contribution in [0.2, 0.25) is 0 Å². The van der Waals surface area contributed by atoms with Crippen molar-refractivity contribution in [2.45, 2.75) is 57.7 Å². The summed E-state index contributed by atoms with van der Waals surface area (Å²) in [6.45, 7) is 2.80. The van der Waals surface area contributed by atoms with Crippen LogP contribution in [0.5, 0.6) is 5.75 Å². The fourth-order valence-electron chi connectivity index (χ4n) is 4.31. The summed E-state index contributed by atoms with van der Waals surface area (Å²) < 4.78 is 11.0. The van der Waals surface area contributed by atoms with Crippen LogP contribution in [0.3, 0.4) is 0 Å². The van der Waals surface area contributed by atoms with Crippen molar-refractivity contribution in [3.63, 3.8) is 0 Å². The third-order valence-corrected chi connectivity index (χ3v) is 6.78. The largest absolute Gasteiger partial charge is 0.494 e. The van der Waals surface area contributed by atoms with Gasteiger partial charge in [0, 0.05) is 10.9 Å². The van der Waals surface area contributed by atoms with Crippen molar-refractivity contribution in [3.05, 3.63) is 76.4 Å². The van der Waals surface area contributed by atoms with Crippen LogP contribution in [0.4, 0.5) is 0 Å². The van der Waals surface area contributed by atoms with Crippen molar-refractivity contribution in [3.8, 4) is 5.75 Å². The lowest BCUT2D eigenvalue weighted by molar-refractivity contribution is -0.127. The number of hydrogen-bond donors (Lipinski definition) is 1. The van der Waals surface area contributed by atoms with Crippen molar-refractivity contribution in [2.24, 2.45) is 0 Å². The zero-order valence-electron chi connectivity index (χ0n) is 18.9. The summed E-state index contributed by atoms with van der Waals surface area (Å²) in [6, 6.07) is 14.0. The van der Waals surface area contributed by atoms with Crippen molar-refractivity contribution in [2.75, 3.05) is 6.61 Å². The molecule has 7 heteroatoms. The molecule has 1 aliphatic carbocycles. The Bertz CT molecular complexity index is 1010. The summed E-state index contributed by atoms with van der Waals surface area (Å²) in [5.41, 5.74) is 0.739. The molecule has 4 rings (SSSR count). The molecule has 0 aliphatic heterocycles. The maximum absolute atomic E-state index is 13.7. The number of nitrogens with zero attached hydrogens (tertiary/aromatic N) is 1. The average Bonchev–Trinajstić information content (AvgIpc) is 3.55. The Kier molecular flexibility index (Phi) is 7.83. The maximum Gasteiger partial charge on any atom is 0.290 e. The molecule has 3 aromatic rings. The first-order valence-electron chi connectivity index (χ1n) is 11.6. The third kappa shape index (κ3) is 5.85. The lowest BCUT2D eigenvalue weighted by Crippen LogP contribution is -2.46. The molecule has 6 nitrogen and oxygen atoms in total. The number of carbonyl (C=O) groups is 2. The monoisotopic (exact) mass is 466 g/mol. The Morgan fingerprint density at radius 1 is 1.12 bits per heavy atom. The number of carbonyl (C=O) groups excluding carboxylic acids is 2. The summed E-state index contributed by atoms with van der Waals surface area (Å²) >= 11 is 1.56. The summed E-state index contributed by atoms with van der Waals surface area (Å²) in [5.74, 6) is 0.469. The van der Waals surface area contributed by atoms with Gasteiger partial charge in [0.05, 0.1) is 19.4 Å². The second-order valence-corrected chi connectivity index (χ2v) is 9.27. The minimum Gasteiger partial charge on any atom is -0.494 e. The molecule has 0 spiro atoms. The second-order valence-electron chi connectivity index (χ2n) is 8.24. The fraction of sp³-hybridized carbons (Fsp3) is 0.385. The number of benzene rings is 1. The van der Waals surface area contributed by atoms with Gasteiger partial charge in [0.25, 0.3) is 5.91 Å². The highest BCUT2D eigenvalue weighted by Crippen LogP contribution is 2.29. The fourth-order valence-corrected chi connectivity index (χ4v) is 5.01. The molecular weight excluding hydrogens is 436 g/mol. The lowest BCUT2D eigenvalue weighted by Gasteiger charge is -2.32. The highest BCUT2D eigenvalue weighted by atomic mass is 32.1. The number of amides is 2. The maximum atomic E-state index is 13.7. The molecule has 0 saturated heterocycles. The molecular formula is C26H30N2O4S. The van der Waals surface area contributed by atoms with Crippen LogP contribution in [0.25, 0.3) is 0 Å². The minimum absolute atomic E-state index is 0.138. The Hall–Kier alpha value is -3.06. The SMILES string of the molecule is CCOc1ccc([C@H](C(=O)NC2CCCCC2)N(Cc2cccs2)C(=O)c2ccco2)cc1. The van der Waals surface area contributed by atoms with Gasteiger partial charge in [-0.05, 0) is 61.0 Å². The van der Waals surface area contributed by atoms with Crippen LogP contribution in [0.15, 0.2) is 64.6 Å².